The third-order valence-electron chi connectivity index (χ3n) is 3.42. The molecule has 1 aromatic heterocycles. The van der Waals surface area contributed by atoms with Crippen molar-refractivity contribution in [1.29, 1.82) is 0 Å². The molecule has 0 saturated carbocycles. The summed E-state index contributed by atoms with van der Waals surface area (Å²) in [6, 6.07) is 7.91. The molecule has 0 aliphatic rings. The Morgan fingerprint density at radius 3 is 2.62 bits per heavy atom. The van der Waals surface area contributed by atoms with E-state index in [9.17, 15) is 0 Å². The van der Waals surface area contributed by atoms with Crippen LogP contribution in [0.15, 0.2) is 30.5 Å². The highest BCUT2D eigenvalue weighted by atomic mass is 16.5. The molecule has 112 valence electrons. The molecule has 1 aromatic carbocycles. The number of aromatic nitrogens is 2. The largest absolute Gasteiger partial charge is 0.495 e. The number of rotatable bonds is 6. The van der Waals surface area contributed by atoms with Crippen LogP contribution >= 0.6 is 0 Å². The molecule has 0 atom stereocenters. The molecule has 0 bridgehead atoms. The molecule has 0 aliphatic heterocycles. The fourth-order valence-electron chi connectivity index (χ4n) is 2.12. The van der Waals surface area contributed by atoms with Crippen LogP contribution in [0, 0.1) is 13.8 Å². The normalized spacial score (nSPS) is 10.5. The Morgan fingerprint density at radius 1 is 1.19 bits per heavy atom. The van der Waals surface area contributed by atoms with Gasteiger partial charge in [-0.3, -0.25) is 4.98 Å². The second-order valence-corrected chi connectivity index (χ2v) is 4.86. The van der Waals surface area contributed by atoms with Gasteiger partial charge in [-0.25, -0.2) is 4.98 Å². The molecule has 5 heteroatoms. The van der Waals surface area contributed by atoms with Gasteiger partial charge in [0.05, 0.1) is 30.4 Å². The molecule has 5 nitrogen and oxygen atoms in total. The lowest BCUT2D eigenvalue weighted by Crippen LogP contribution is -2.23. The first-order chi connectivity index (χ1) is 10.2. The lowest BCUT2D eigenvalue weighted by molar-refractivity contribution is 0.415. The van der Waals surface area contributed by atoms with Crippen molar-refractivity contribution in [3.63, 3.8) is 0 Å². The van der Waals surface area contributed by atoms with Crippen molar-refractivity contribution in [1.82, 2.24) is 9.97 Å². The predicted molar refractivity (Wildman–Crippen MR) is 85.2 cm³/mol. The Kier molecular flexibility index (Phi) is 5.11. The average molecular weight is 286 g/mol. The molecule has 2 rings (SSSR count). The molecule has 0 aliphatic carbocycles. The number of benzene rings is 1. The van der Waals surface area contributed by atoms with Crippen LogP contribution in [0.5, 0.6) is 5.75 Å². The summed E-state index contributed by atoms with van der Waals surface area (Å²) in [6.07, 6.45) is 2.66. The topological polar surface area (TPSA) is 64.3 Å². The number of hydrogen-bond acceptors (Lipinski definition) is 5. The monoisotopic (exact) mass is 286 g/mol. The average Bonchev–Trinajstić information content (AvgIpc) is 2.51. The molecule has 0 radical (unpaired) electrons. The first kappa shape index (κ1) is 15.3. The number of nitrogens with zero attached hydrogens (tertiary/aromatic N) is 3. The Hall–Kier alpha value is -2.14. The molecule has 0 amide bonds. The van der Waals surface area contributed by atoms with Gasteiger partial charge < -0.3 is 15.4 Å². The summed E-state index contributed by atoms with van der Waals surface area (Å²) in [5, 5.41) is 0. The number of para-hydroxylation sites is 2. The highest BCUT2D eigenvalue weighted by Gasteiger charge is 2.15. The quantitative estimate of drug-likeness (QED) is 0.884. The number of nitrogens with two attached hydrogens (primary N) is 1. The third kappa shape index (κ3) is 3.49. The van der Waals surface area contributed by atoms with Crippen molar-refractivity contribution < 1.29 is 4.74 Å². The SMILES string of the molecule is COc1ccccc1N(CCCN)c1cnc(C)c(C)n1. The first-order valence-electron chi connectivity index (χ1n) is 7.08. The molecule has 0 fully saturated rings. The van der Waals surface area contributed by atoms with E-state index in [-0.39, 0.29) is 0 Å². The van der Waals surface area contributed by atoms with Gasteiger partial charge in [-0.15, -0.1) is 0 Å². The number of ether oxygens (including phenoxy) is 1. The summed E-state index contributed by atoms with van der Waals surface area (Å²) in [4.78, 5) is 11.2. The Bertz CT molecular complexity index is 601. The molecule has 2 N–H and O–H groups in total. The highest BCUT2D eigenvalue weighted by Crippen LogP contribution is 2.32. The molecule has 0 saturated heterocycles. The van der Waals surface area contributed by atoms with Gasteiger partial charge in [0.25, 0.3) is 0 Å². The molecule has 1 heterocycles. The summed E-state index contributed by atoms with van der Waals surface area (Å²) in [5.41, 5.74) is 8.51. The van der Waals surface area contributed by atoms with Gasteiger partial charge in [0.2, 0.25) is 0 Å². The number of hydrogen-bond donors (Lipinski definition) is 1. The van der Waals surface area contributed by atoms with Crippen molar-refractivity contribution >= 4 is 11.5 Å². The van der Waals surface area contributed by atoms with Crippen LogP contribution in [0.4, 0.5) is 11.5 Å². The zero-order valence-electron chi connectivity index (χ0n) is 12.8. The lowest BCUT2D eigenvalue weighted by atomic mass is 10.2. The number of methoxy groups -OCH3 is 1. The summed E-state index contributed by atoms with van der Waals surface area (Å²) >= 11 is 0. The van der Waals surface area contributed by atoms with Crippen LogP contribution < -0.4 is 15.4 Å². The maximum Gasteiger partial charge on any atom is 0.151 e. The van der Waals surface area contributed by atoms with Gasteiger partial charge in [-0.2, -0.15) is 0 Å². The van der Waals surface area contributed by atoms with E-state index in [4.69, 9.17) is 10.5 Å². The van der Waals surface area contributed by atoms with E-state index in [1.165, 1.54) is 0 Å². The van der Waals surface area contributed by atoms with E-state index in [1.807, 2.05) is 38.1 Å². The minimum atomic E-state index is 0.629. The Morgan fingerprint density at radius 2 is 1.95 bits per heavy atom. The second kappa shape index (κ2) is 7.04. The minimum absolute atomic E-state index is 0.629. The lowest BCUT2D eigenvalue weighted by Gasteiger charge is -2.25. The van der Waals surface area contributed by atoms with Gasteiger partial charge in [0.1, 0.15) is 5.75 Å². The van der Waals surface area contributed by atoms with Crippen LogP contribution in [-0.4, -0.2) is 30.2 Å². The van der Waals surface area contributed by atoms with Gasteiger partial charge in [0, 0.05) is 6.54 Å². The molecule has 2 aromatic rings. The second-order valence-electron chi connectivity index (χ2n) is 4.86. The summed E-state index contributed by atoms with van der Waals surface area (Å²) in [5.74, 6) is 1.63. The van der Waals surface area contributed by atoms with Gasteiger partial charge in [-0.05, 0) is 38.9 Å². The maximum atomic E-state index is 5.66. The predicted octanol–water partition coefficient (Wildman–Crippen LogP) is 2.59. The fourth-order valence-corrected chi connectivity index (χ4v) is 2.12. The van der Waals surface area contributed by atoms with E-state index >= 15 is 0 Å². The molecule has 21 heavy (non-hydrogen) atoms. The number of anilines is 2. The minimum Gasteiger partial charge on any atom is -0.495 e. The van der Waals surface area contributed by atoms with Crippen LogP contribution in [-0.2, 0) is 0 Å². The highest BCUT2D eigenvalue weighted by molar-refractivity contribution is 5.66. The van der Waals surface area contributed by atoms with Crippen LogP contribution in [0.25, 0.3) is 0 Å². The smallest absolute Gasteiger partial charge is 0.151 e. The van der Waals surface area contributed by atoms with E-state index in [0.717, 1.165) is 41.6 Å². The van der Waals surface area contributed by atoms with E-state index < -0.39 is 0 Å². The first-order valence-corrected chi connectivity index (χ1v) is 7.08. The van der Waals surface area contributed by atoms with Gasteiger partial charge in [-0.1, -0.05) is 12.1 Å². The summed E-state index contributed by atoms with van der Waals surface area (Å²) in [7, 11) is 1.67. The molecular weight excluding hydrogens is 264 g/mol. The van der Waals surface area contributed by atoms with Crippen LogP contribution in [0.2, 0.25) is 0 Å². The summed E-state index contributed by atoms with van der Waals surface area (Å²) in [6.45, 7) is 5.33. The Labute approximate surface area is 125 Å². The van der Waals surface area contributed by atoms with Crippen molar-refractivity contribution in [2.24, 2.45) is 5.73 Å². The molecular formula is C16H22N4O. The number of aryl methyl sites for hydroxylation is 2. The standard InChI is InChI=1S/C16H22N4O/c1-12-13(2)19-16(11-18-12)20(10-6-9-17)14-7-4-5-8-15(14)21-3/h4-5,7-8,11H,6,9-10,17H2,1-3H3. The zero-order valence-corrected chi connectivity index (χ0v) is 12.8. The van der Waals surface area contributed by atoms with Crippen LogP contribution in [0.1, 0.15) is 17.8 Å². The van der Waals surface area contributed by atoms with Crippen LogP contribution in [0.3, 0.4) is 0 Å². The molecule has 0 unspecified atom stereocenters. The summed E-state index contributed by atoms with van der Waals surface area (Å²) < 4.78 is 5.46. The Balaban J connectivity index is 2.44. The molecule has 0 spiro atoms. The van der Waals surface area contributed by atoms with E-state index in [1.54, 1.807) is 13.3 Å². The third-order valence-corrected chi connectivity index (χ3v) is 3.42. The van der Waals surface area contributed by atoms with E-state index in [0.29, 0.717) is 6.54 Å². The van der Waals surface area contributed by atoms with E-state index in [2.05, 4.69) is 14.9 Å². The van der Waals surface area contributed by atoms with Crippen molar-refractivity contribution in [3.05, 3.63) is 41.9 Å². The maximum absolute atomic E-state index is 5.66. The van der Waals surface area contributed by atoms with Crippen molar-refractivity contribution in [3.8, 4) is 5.75 Å². The fraction of sp³-hybridized carbons (Fsp3) is 0.375. The van der Waals surface area contributed by atoms with Gasteiger partial charge >= 0.3 is 0 Å². The van der Waals surface area contributed by atoms with Crippen molar-refractivity contribution in [2.45, 2.75) is 20.3 Å². The zero-order chi connectivity index (χ0) is 15.2. The van der Waals surface area contributed by atoms with Gasteiger partial charge in [0.15, 0.2) is 5.82 Å². The van der Waals surface area contributed by atoms with Crippen molar-refractivity contribution in [2.75, 3.05) is 25.1 Å².